The number of nitrogens with zero attached hydrogens (tertiary/aromatic N) is 2. The van der Waals surface area contributed by atoms with E-state index in [0.29, 0.717) is 13.1 Å². The lowest BCUT2D eigenvalue weighted by molar-refractivity contribution is 0.137. The zero-order valence-electron chi connectivity index (χ0n) is 23.0. The van der Waals surface area contributed by atoms with Crippen LogP contribution in [0.1, 0.15) is 44.7 Å². The normalized spacial score (nSPS) is 11.1. The summed E-state index contributed by atoms with van der Waals surface area (Å²) in [7, 11) is -3.12. The first-order chi connectivity index (χ1) is 17.0. The van der Waals surface area contributed by atoms with Crippen molar-refractivity contribution in [3.8, 4) is 0 Å². The van der Waals surface area contributed by atoms with Crippen molar-refractivity contribution in [1.29, 1.82) is 0 Å². The van der Waals surface area contributed by atoms with Gasteiger partial charge in [0.1, 0.15) is 0 Å². The van der Waals surface area contributed by atoms with Crippen LogP contribution in [0.4, 0.5) is 22.7 Å². The number of ether oxygens (including phenoxy) is 1. The van der Waals surface area contributed by atoms with Crippen LogP contribution in [0.25, 0.3) is 0 Å². The second-order valence-electron chi connectivity index (χ2n) is 8.87. The predicted octanol–water partition coefficient (Wildman–Crippen LogP) is 4.17. The molecule has 5 N–H and O–H groups in total. The summed E-state index contributed by atoms with van der Waals surface area (Å²) in [6.45, 7) is 15.8. The quantitative estimate of drug-likeness (QED) is 0.252. The molecule has 0 saturated carbocycles. The number of unbranched alkanes of at least 4 members (excludes halogenated alkanes) is 1. The highest BCUT2D eigenvalue weighted by molar-refractivity contribution is 7.88. The van der Waals surface area contributed by atoms with Crippen molar-refractivity contribution in [2.24, 2.45) is 0 Å². The van der Waals surface area contributed by atoms with Crippen LogP contribution in [-0.2, 0) is 14.8 Å². The fraction of sp³-hybridized carbons (Fsp3) is 0.556. The lowest BCUT2D eigenvalue weighted by Gasteiger charge is -2.23. The molecule has 0 aromatic heterocycles. The van der Waals surface area contributed by atoms with Gasteiger partial charge in [-0.05, 0) is 81.6 Å². The van der Waals surface area contributed by atoms with Gasteiger partial charge in [-0.25, -0.2) is 13.1 Å². The molecule has 8 nitrogen and oxygen atoms in total. The van der Waals surface area contributed by atoms with Gasteiger partial charge in [-0.2, -0.15) is 0 Å². The molecule has 0 radical (unpaired) electrons. The van der Waals surface area contributed by atoms with Crippen LogP contribution in [0.5, 0.6) is 0 Å². The first kappa shape index (κ1) is 31.5. The van der Waals surface area contributed by atoms with Crippen molar-refractivity contribution < 1.29 is 13.2 Å². The predicted molar refractivity (Wildman–Crippen MR) is 156 cm³/mol. The first-order valence-corrected chi connectivity index (χ1v) is 14.7. The highest BCUT2D eigenvalue weighted by Crippen LogP contribution is 2.21. The Morgan fingerprint density at radius 2 is 1.33 bits per heavy atom. The van der Waals surface area contributed by atoms with Gasteiger partial charge in [0.2, 0.25) is 10.0 Å². The monoisotopic (exact) mass is 521 g/mol. The molecule has 0 bridgehead atoms. The van der Waals surface area contributed by atoms with E-state index in [9.17, 15) is 8.42 Å². The van der Waals surface area contributed by atoms with Crippen LogP contribution < -0.4 is 26.0 Å². The zero-order valence-corrected chi connectivity index (χ0v) is 23.8. The molecule has 0 heterocycles. The maximum Gasteiger partial charge on any atom is 0.208 e. The van der Waals surface area contributed by atoms with Crippen LogP contribution in [0.3, 0.4) is 0 Å². The lowest BCUT2D eigenvalue weighted by atomic mass is 10.1. The summed E-state index contributed by atoms with van der Waals surface area (Å²) in [4.78, 5) is 4.42. The molecular formula is C27H47N5O3S. The molecule has 2 aromatic rings. The molecule has 2 aromatic carbocycles. The van der Waals surface area contributed by atoms with E-state index < -0.39 is 10.0 Å². The van der Waals surface area contributed by atoms with E-state index in [1.807, 2.05) is 45.0 Å². The fourth-order valence-electron chi connectivity index (χ4n) is 3.54. The van der Waals surface area contributed by atoms with Gasteiger partial charge < -0.3 is 26.0 Å². The third-order valence-electron chi connectivity index (χ3n) is 5.89. The Kier molecular flexibility index (Phi) is 14.3. The molecule has 0 fully saturated rings. The number of sulfonamides is 1. The number of nitrogens with one attached hydrogen (secondary N) is 1. The number of benzene rings is 2. The molecule has 0 spiro atoms. The van der Waals surface area contributed by atoms with Crippen LogP contribution in [0.15, 0.2) is 36.4 Å². The molecule has 0 aliphatic rings. The topological polar surface area (TPSA) is 114 Å². The molecule has 2 rings (SSSR count). The summed E-state index contributed by atoms with van der Waals surface area (Å²) in [5.74, 6) is 0. The molecule has 0 atom stereocenters. The Bertz CT molecular complexity index is 1010. The Morgan fingerprint density at radius 1 is 0.833 bits per heavy atom. The van der Waals surface area contributed by atoms with E-state index in [4.69, 9.17) is 16.2 Å². The van der Waals surface area contributed by atoms with Crippen molar-refractivity contribution in [2.45, 2.75) is 47.5 Å². The number of hydrogen-bond donors (Lipinski definition) is 3. The van der Waals surface area contributed by atoms with Gasteiger partial charge in [0.05, 0.1) is 12.9 Å². The summed E-state index contributed by atoms with van der Waals surface area (Å²) < 4.78 is 30.1. The fourth-order valence-corrected chi connectivity index (χ4v) is 4.00. The number of hydrogen-bond acceptors (Lipinski definition) is 7. The van der Waals surface area contributed by atoms with Crippen LogP contribution in [-0.4, -0.2) is 60.6 Å². The van der Waals surface area contributed by atoms with E-state index in [2.05, 4.69) is 40.5 Å². The van der Waals surface area contributed by atoms with Gasteiger partial charge in [-0.3, -0.25) is 0 Å². The molecule has 0 unspecified atom stereocenters. The molecule has 204 valence electrons. The highest BCUT2D eigenvalue weighted by Gasteiger charge is 2.07. The van der Waals surface area contributed by atoms with E-state index >= 15 is 0 Å². The van der Waals surface area contributed by atoms with E-state index in [1.54, 1.807) is 0 Å². The standard InChI is InChI=1S/C15H26N2O.C12H21N3O2S/c1-4-6-10-18-11-9-17(5-2)14-7-8-15(16)13(3)12-14;1-4-15(8-7-14-18(3,16)17)11-5-6-12(13)10(2)9-11/h7-8,12H,4-6,9-11,16H2,1-3H3;5-6,9,14H,4,7-8,13H2,1-3H3. The van der Waals surface area contributed by atoms with Crippen LogP contribution in [0, 0.1) is 13.8 Å². The SMILES string of the molecule is CCCCOCCN(CC)c1ccc(N)c(C)c1.CCN(CCNS(C)(=O)=O)c1ccc(N)c(C)c1. The molecular weight excluding hydrogens is 474 g/mol. The van der Waals surface area contributed by atoms with Gasteiger partial charge in [-0.15, -0.1) is 0 Å². The van der Waals surface area contributed by atoms with E-state index in [-0.39, 0.29) is 0 Å². The number of anilines is 4. The largest absolute Gasteiger partial charge is 0.399 e. The van der Waals surface area contributed by atoms with Gasteiger partial charge >= 0.3 is 0 Å². The molecule has 0 aliphatic heterocycles. The third kappa shape index (κ3) is 12.0. The number of nitrogens with two attached hydrogens (primary N) is 2. The molecule has 0 aliphatic carbocycles. The zero-order chi connectivity index (χ0) is 27.1. The van der Waals surface area contributed by atoms with Crippen LogP contribution in [0.2, 0.25) is 0 Å². The molecule has 0 amide bonds. The second-order valence-corrected chi connectivity index (χ2v) is 10.7. The summed E-state index contributed by atoms with van der Waals surface area (Å²) >= 11 is 0. The summed E-state index contributed by atoms with van der Waals surface area (Å²) in [6.07, 6.45) is 3.50. The van der Waals surface area contributed by atoms with Crippen molar-refractivity contribution in [1.82, 2.24) is 4.72 Å². The summed E-state index contributed by atoms with van der Waals surface area (Å²) in [6, 6.07) is 12.0. The highest BCUT2D eigenvalue weighted by atomic mass is 32.2. The van der Waals surface area contributed by atoms with Gasteiger partial charge in [0, 0.05) is 62.1 Å². The minimum atomic E-state index is -3.12. The van der Waals surface area contributed by atoms with Gasteiger partial charge in [0.25, 0.3) is 0 Å². The Labute approximate surface area is 219 Å². The number of rotatable bonds is 14. The Hall–Kier alpha value is -2.49. The lowest BCUT2D eigenvalue weighted by Crippen LogP contribution is -2.34. The summed E-state index contributed by atoms with van der Waals surface area (Å²) in [5.41, 5.74) is 17.7. The van der Waals surface area contributed by atoms with Gasteiger partial charge in [0.15, 0.2) is 0 Å². The minimum absolute atomic E-state index is 0.399. The third-order valence-corrected chi connectivity index (χ3v) is 6.62. The average molecular weight is 522 g/mol. The maximum absolute atomic E-state index is 11.0. The first-order valence-electron chi connectivity index (χ1n) is 12.8. The van der Waals surface area contributed by atoms with E-state index in [0.717, 1.165) is 73.7 Å². The smallest absolute Gasteiger partial charge is 0.208 e. The van der Waals surface area contributed by atoms with Crippen molar-refractivity contribution in [3.63, 3.8) is 0 Å². The molecule has 36 heavy (non-hydrogen) atoms. The van der Waals surface area contributed by atoms with Crippen molar-refractivity contribution >= 4 is 32.8 Å². The van der Waals surface area contributed by atoms with E-state index in [1.165, 1.54) is 12.1 Å². The number of aryl methyl sites for hydroxylation is 2. The minimum Gasteiger partial charge on any atom is -0.399 e. The average Bonchev–Trinajstić information content (AvgIpc) is 2.83. The number of nitrogen functional groups attached to an aromatic ring is 2. The second kappa shape index (κ2) is 16.3. The Morgan fingerprint density at radius 3 is 1.75 bits per heavy atom. The molecule has 0 saturated heterocycles. The maximum atomic E-state index is 11.0. The summed E-state index contributed by atoms with van der Waals surface area (Å²) in [5, 5.41) is 0. The molecule has 9 heteroatoms. The van der Waals surface area contributed by atoms with Crippen molar-refractivity contribution in [3.05, 3.63) is 47.5 Å². The number of likely N-dealkylation sites (N-methyl/N-ethyl adjacent to an activating group) is 2. The van der Waals surface area contributed by atoms with Crippen LogP contribution >= 0.6 is 0 Å². The van der Waals surface area contributed by atoms with Gasteiger partial charge in [-0.1, -0.05) is 13.3 Å². The van der Waals surface area contributed by atoms with Crippen molar-refractivity contribution in [2.75, 3.05) is 73.5 Å². The Balaban J connectivity index is 0.000000360.